The first kappa shape index (κ1) is 15.0. The summed E-state index contributed by atoms with van der Waals surface area (Å²) in [5.74, 6) is -0.316. The third-order valence-corrected chi connectivity index (χ3v) is 4.87. The molecule has 1 atom stereocenters. The van der Waals surface area contributed by atoms with E-state index in [9.17, 15) is 9.59 Å². The second-order valence-electron chi connectivity index (χ2n) is 6.17. The van der Waals surface area contributed by atoms with Crippen LogP contribution in [-0.4, -0.2) is 27.3 Å². The molecule has 1 saturated carbocycles. The molecule has 0 aliphatic heterocycles. The number of anilines is 1. The van der Waals surface area contributed by atoms with Gasteiger partial charge in [-0.05, 0) is 28.4 Å². The number of carbonyl (C=O) groups excluding carboxylic acids is 2. The number of fused-ring (bicyclic) bond motifs is 1. The van der Waals surface area contributed by atoms with Crippen LogP contribution < -0.4 is 11.1 Å². The zero-order valence-electron chi connectivity index (χ0n) is 12.4. The van der Waals surface area contributed by atoms with Gasteiger partial charge in [-0.2, -0.15) is 5.10 Å². The highest BCUT2D eigenvalue weighted by Crippen LogP contribution is 2.38. The number of nitrogens with one attached hydrogen (secondary N) is 1. The molecule has 0 radical (unpaired) electrons. The Balaban J connectivity index is 2.10. The minimum atomic E-state index is -0.544. The molecule has 7 heteroatoms. The summed E-state index contributed by atoms with van der Waals surface area (Å²) in [6.07, 6.45) is 4.53. The number of amides is 1. The lowest BCUT2D eigenvalue weighted by molar-refractivity contribution is -0.124. The van der Waals surface area contributed by atoms with E-state index < -0.39 is 11.3 Å². The van der Waals surface area contributed by atoms with Crippen LogP contribution in [0.2, 0.25) is 0 Å². The molecule has 116 valence electrons. The van der Waals surface area contributed by atoms with Gasteiger partial charge in [-0.25, -0.2) is 4.52 Å². The van der Waals surface area contributed by atoms with Crippen molar-refractivity contribution < 1.29 is 9.59 Å². The molecule has 1 fully saturated rings. The van der Waals surface area contributed by atoms with Crippen molar-refractivity contribution in [2.24, 2.45) is 11.1 Å². The molecule has 2 heterocycles. The number of carbonyl (C=O) groups is 2. The summed E-state index contributed by atoms with van der Waals surface area (Å²) in [4.78, 5) is 23.8. The third-order valence-electron chi connectivity index (χ3n) is 4.44. The van der Waals surface area contributed by atoms with Gasteiger partial charge in [0.1, 0.15) is 5.78 Å². The Morgan fingerprint density at radius 3 is 2.86 bits per heavy atom. The number of aromatic nitrogens is 2. The number of primary amides is 1. The summed E-state index contributed by atoms with van der Waals surface area (Å²) in [5, 5.41) is 7.55. The molecule has 2 aromatic rings. The van der Waals surface area contributed by atoms with Crippen LogP contribution >= 0.6 is 15.9 Å². The van der Waals surface area contributed by atoms with Crippen LogP contribution in [0.4, 0.5) is 5.69 Å². The van der Waals surface area contributed by atoms with Crippen molar-refractivity contribution in [3.63, 3.8) is 0 Å². The number of nitrogens with zero attached hydrogens (tertiary/aromatic N) is 2. The molecule has 22 heavy (non-hydrogen) atoms. The molecule has 2 aromatic heterocycles. The first-order valence-electron chi connectivity index (χ1n) is 7.07. The number of nitrogens with two attached hydrogens (primary N) is 1. The molecule has 6 nitrogen and oxygen atoms in total. The largest absolute Gasteiger partial charge is 0.379 e. The zero-order chi connectivity index (χ0) is 16.1. The van der Waals surface area contributed by atoms with Gasteiger partial charge >= 0.3 is 0 Å². The summed E-state index contributed by atoms with van der Waals surface area (Å²) in [6.45, 7) is 3.85. The van der Waals surface area contributed by atoms with E-state index in [0.717, 1.165) is 16.4 Å². The van der Waals surface area contributed by atoms with E-state index in [-0.39, 0.29) is 11.8 Å². The van der Waals surface area contributed by atoms with Gasteiger partial charge in [-0.15, -0.1) is 0 Å². The molecule has 1 amide bonds. The molecule has 0 spiro atoms. The molecule has 0 bridgehead atoms. The predicted octanol–water partition coefficient (Wildman–Crippen LogP) is 2.37. The SMILES string of the molecule is CC1(C)C(=O)CCC1Nc1c(C(N)=O)cnn2cc(Br)cc12. The first-order valence-corrected chi connectivity index (χ1v) is 7.86. The van der Waals surface area contributed by atoms with Crippen molar-refractivity contribution in [2.75, 3.05) is 5.32 Å². The lowest BCUT2D eigenvalue weighted by Gasteiger charge is -2.28. The molecular formula is C15H17BrN4O2. The maximum Gasteiger partial charge on any atom is 0.252 e. The highest BCUT2D eigenvalue weighted by atomic mass is 79.9. The fraction of sp³-hybridized carbons (Fsp3) is 0.400. The molecule has 3 rings (SSSR count). The highest BCUT2D eigenvalue weighted by Gasteiger charge is 2.42. The molecule has 3 N–H and O–H groups in total. The Labute approximate surface area is 136 Å². The third kappa shape index (κ3) is 2.29. The van der Waals surface area contributed by atoms with Gasteiger partial charge in [-0.1, -0.05) is 13.8 Å². The lowest BCUT2D eigenvalue weighted by Crippen LogP contribution is -2.36. The lowest BCUT2D eigenvalue weighted by atomic mass is 9.86. The van der Waals surface area contributed by atoms with Crippen LogP contribution in [0.15, 0.2) is 22.9 Å². The predicted molar refractivity (Wildman–Crippen MR) is 86.8 cm³/mol. The number of hydrogen-bond acceptors (Lipinski definition) is 4. The van der Waals surface area contributed by atoms with Crippen molar-refractivity contribution in [1.29, 1.82) is 0 Å². The number of halogens is 1. The Hall–Kier alpha value is -1.89. The quantitative estimate of drug-likeness (QED) is 0.874. The average molecular weight is 365 g/mol. The number of ketones is 1. The normalized spacial score (nSPS) is 20.5. The van der Waals surface area contributed by atoms with Crippen molar-refractivity contribution >= 4 is 38.8 Å². The van der Waals surface area contributed by atoms with Crippen molar-refractivity contribution in [2.45, 2.75) is 32.7 Å². The van der Waals surface area contributed by atoms with E-state index in [4.69, 9.17) is 5.73 Å². The fourth-order valence-electron chi connectivity index (χ4n) is 2.94. The van der Waals surface area contributed by atoms with Gasteiger partial charge in [0.15, 0.2) is 0 Å². The Morgan fingerprint density at radius 2 is 2.27 bits per heavy atom. The minimum Gasteiger partial charge on any atom is -0.379 e. The topological polar surface area (TPSA) is 89.5 Å². The van der Waals surface area contributed by atoms with Gasteiger partial charge < -0.3 is 11.1 Å². The summed E-state index contributed by atoms with van der Waals surface area (Å²) >= 11 is 3.41. The van der Waals surface area contributed by atoms with Gasteiger partial charge in [-0.3, -0.25) is 9.59 Å². The summed E-state index contributed by atoms with van der Waals surface area (Å²) in [6, 6.07) is 1.82. The van der Waals surface area contributed by atoms with Crippen LogP contribution in [0.25, 0.3) is 5.52 Å². The molecule has 0 saturated heterocycles. The van der Waals surface area contributed by atoms with Crippen LogP contribution in [0.5, 0.6) is 0 Å². The van der Waals surface area contributed by atoms with E-state index in [1.54, 1.807) is 10.7 Å². The number of hydrogen-bond donors (Lipinski definition) is 2. The summed E-state index contributed by atoms with van der Waals surface area (Å²) in [5.41, 5.74) is 6.70. The van der Waals surface area contributed by atoms with E-state index in [1.807, 2.05) is 19.9 Å². The number of Topliss-reactive ketones (excluding diaryl/α,β-unsaturated/α-hetero) is 1. The van der Waals surface area contributed by atoms with Gasteiger partial charge in [0.05, 0.1) is 23.0 Å². The van der Waals surface area contributed by atoms with Crippen molar-refractivity contribution in [3.05, 3.63) is 28.5 Å². The first-order chi connectivity index (χ1) is 10.3. The van der Waals surface area contributed by atoms with Gasteiger partial charge in [0.25, 0.3) is 5.91 Å². The van der Waals surface area contributed by atoms with E-state index in [0.29, 0.717) is 17.7 Å². The summed E-state index contributed by atoms with van der Waals surface area (Å²) in [7, 11) is 0. The standard InChI is InChI=1S/C15H17BrN4O2/c1-15(2)11(3-4-12(15)21)19-13-9(14(17)22)6-18-20-7-8(16)5-10(13)20/h5-7,11,19H,3-4H2,1-2H3,(H2,17,22). The Kier molecular flexibility index (Phi) is 3.47. The maximum absolute atomic E-state index is 12.0. The smallest absolute Gasteiger partial charge is 0.252 e. The molecule has 1 aliphatic rings. The van der Waals surface area contributed by atoms with E-state index >= 15 is 0 Å². The molecule has 1 unspecified atom stereocenters. The molecule has 0 aromatic carbocycles. The second-order valence-corrected chi connectivity index (χ2v) is 7.08. The van der Waals surface area contributed by atoms with E-state index in [2.05, 4.69) is 26.3 Å². The number of rotatable bonds is 3. The van der Waals surface area contributed by atoms with Crippen LogP contribution in [-0.2, 0) is 4.79 Å². The molecular weight excluding hydrogens is 348 g/mol. The van der Waals surface area contributed by atoms with Crippen LogP contribution in [0.3, 0.4) is 0 Å². The zero-order valence-corrected chi connectivity index (χ0v) is 14.0. The second kappa shape index (κ2) is 5.08. The Bertz CT molecular complexity index is 781. The average Bonchev–Trinajstić information content (AvgIpc) is 2.92. The van der Waals surface area contributed by atoms with Crippen molar-refractivity contribution in [3.8, 4) is 0 Å². The van der Waals surface area contributed by atoms with Gasteiger partial charge in [0.2, 0.25) is 0 Å². The van der Waals surface area contributed by atoms with Crippen LogP contribution in [0.1, 0.15) is 37.0 Å². The van der Waals surface area contributed by atoms with E-state index in [1.165, 1.54) is 6.20 Å². The molecule has 1 aliphatic carbocycles. The monoisotopic (exact) mass is 364 g/mol. The Morgan fingerprint density at radius 1 is 1.55 bits per heavy atom. The van der Waals surface area contributed by atoms with Crippen LogP contribution in [0, 0.1) is 5.41 Å². The summed E-state index contributed by atoms with van der Waals surface area (Å²) < 4.78 is 2.52. The van der Waals surface area contributed by atoms with Gasteiger partial charge in [0, 0.05) is 28.5 Å². The minimum absolute atomic E-state index is 0.0435. The maximum atomic E-state index is 12.0. The highest BCUT2D eigenvalue weighted by molar-refractivity contribution is 9.10. The fourth-order valence-corrected chi connectivity index (χ4v) is 3.35. The van der Waals surface area contributed by atoms with Crippen molar-refractivity contribution in [1.82, 2.24) is 9.61 Å².